The molecule has 0 radical (unpaired) electrons. The number of hydrogen-bond donors (Lipinski definition) is 1. The SMILES string of the molecule is CCc1nccn1CCOc1cc(CN2CCC[C@@](O)(COc3ccc(C)cc3C)CC2)ccc1OC. The summed E-state index contributed by atoms with van der Waals surface area (Å²) in [6.45, 7) is 10.4. The van der Waals surface area contributed by atoms with Crippen molar-refractivity contribution in [3.8, 4) is 17.2 Å². The lowest BCUT2D eigenvalue weighted by molar-refractivity contribution is -0.0170. The van der Waals surface area contributed by atoms with Crippen molar-refractivity contribution in [2.45, 2.75) is 65.1 Å². The van der Waals surface area contributed by atoms with E-state index in [1.54, 1.807) is 7.11 Å². The van der Waals surface area contributed by atoms with E-state index in [1.165, 1.54) is 11.1 Å². The van der Waals surface area contributed by atoms with Crippen LogP contribution >= 0.6 is 0 Å². The smallest absolute Gasteiger partial charge is 0.161 e. The molecule has 0 amide bonds. The van der Waals surface area contributed by atoms with Gasteiger partial charge in [0.15, 0.2) is 11.5 Å². The molecule has 1 aromatic heterocycles. The molecule has 2 aromatic carbocycles. The van der Waals surface area contributed by atoms with Gasteiger partial charge in [-0.15, -0.1) is 0 Å². The molecule has 1 fully saturated rings. The minimum atomic E-state index is -0.815. The Bertz CT molecular complexity index is 1160. The molecular formula is C30H41N3O4. The van der Waals surface area contributed by atoms with Gasteiger partial charge in [0.2, 0.25) is 0 Å². The summed E-state index contributed by atoms with van der Waals surface area (Å²) in [5.74, 6) is 3.40. The maximum Gasteiger partial charge on any atom is 0.161 e. The van der Waals surface area contributed by atoms with Gasteiger partial charge in [-0.05, 0) is 69.0 Å². The Kier molecular flexibility index (Phi) is 9.11. The second kappa shape index (κ2) is 12.5. The van der Waals surface area contributed by atoms with Crippen molar-refractivity contribution in [1.82, 2.24) is 14.5 Å². The number of rotatable bonds is 11. The highest BCUT2D eigenvalue weighted by Gasteiger charge is 2.31. The number of methoxy groups -OCH3 is 1. The van der Waals surface area contributed by atoms with Crippen molar-refractivity contribution in [3.05, 3.63) is 71.3 Å². The first-order valence-electron chi connectivity index (χ1n) is 13.3. The van der Waals surface area contributed by atoms with E-state index in [0.717, 1.165) is 74.1 Å². The van der Waals surface area contributed by atoms with Gasteiger partial charge in [0.25, 0.3) is 0 Å². The third-order valence-corrected chi connectivity index (χ3v) is 7.18. The molecule has 1 atom stereocenters. The molecule has 0 aliphatic carbocycles. The molecule has 7 nitrogen and oxygen atoms in total. The van der Waals surface area contributed by atoms with Crippen molar-refractivity contribution < 1.29 is 19.3 Å². The molecular weight excluding hydrogens is 466 g/mol. The van der Waals surface area contributed by atoms with Crippen molar-refractivity contribution in [1.29, 1.82) is 0 Å². The van der Waals surface area contributed by atoms with Crippen molar-refractivity contribution in [2.75, 3.05) is 33.4 Å². The van der Waals surface area contributed by atoms with E-state index in [0.29, 0.717) is 19.6 Å². The Morgan fingerprint density at radius 2 is 1.84 bits per heavy atom. The minimum absolute atomic E-state index is 0.321. The highest BCUT2D eigenvalue weighted by atomic mass is 16.5. The lowest BCUT2D eigenvalue weighted by Gasteiger charge is -2.27. The maximum atomic E-state index is 11.3. The summed E-state index contributed by atoms with van der Waals surface area (Å²) in [6, 6.07) is 12.3. The Hall–Kier alpha value is -3.03. The number of aliphatic hydroxyl groups is 1. The molecule has 1 saturated heterocycles. The second-order valence-corrected chi connectivity index (χ2v) is 10.1. The molecule has 4 rings (SSSR count). The number of ether oxygens (including phenoxy) is 3. The Morgan fingerprint density at radius 3 is 2.62 bits per heavy atom. The lowest BCUT2D eigenvalue weighted by atomic mass is 9.96. The monoisotopic (exact) mass is 507 g/mol. The maximum absolute atomic E-state index is 11.3. The van der Waals surface area contributed by atoms with E-state index in [2.05, 4.69) is 46.5 Å². The van der Waals surface area contributed by atoms with E-state index in [4.69, 9.17) is 14.2 Å². The Labute approximate surface area is 221 Å². The van der Waals surface area contributed by atoms with E-state index in [-0.39, 0.29) is 0 Å². The lowest BCUT2D eigenvalue weighted by Crippen LogP contribution is -2.37. The topological polar surface area (TPSA) is 69.0 Å². The predicted octanol–water partition coefficient (Wildman–Crippen LogP) is 4.95. The largest absolute Gasteiger partial charge is 0.493 e. The summed E-state index contributed by atoms with van der Waals surface area (Å²) in [7, 11) is 1.67. The number of aromatic nitrogens is 2. The molecule has 3 aromatic rings. The fraction of sp³-hybridized carbons (Fsp3) is 0.500. The predicted molar refractivity (Wildman–Crippen MR) is 146 cm³/mol. The van der Waals surface area contributed by atoms with Crippen LogP contribution in [0.15, 0.2) is 48.8 Å². The number of aryl methyl sites for hydroxylation is 3. The quantitative estimate of drug-likeness (QED) is 0.396. The summed E-state index contributed by atoms with van der Waals surface area (Å²) in [5, 5.41) is 11.3. The van der Waals surface area contributed by atoms with E-state index in [9.17, 15) is 5.11 Å². The molecule has 1 N–H and O–H groups in total. The van der Waals surface area contributed by atoms with Crippen LogP contribution in [-0.4, -0.2) is 58.6 Å². The number of hydrogen-bond acceptors (Lipinski definition) is 6. The third kappa shape index (κ3) is 7.27. The fourth-order valence-electron chi connectivity index (χ4n) is 5.01. The molecule has 2 heterocycles. The zero-order chi connectivity index (χ0) is 26.3. The number of nitrogens with zero attached hydrogens (tertiary/aromatic N) is 3. The molecule has 37 heavy (non-hydrogen) atoms. The molecule has 1 aliphatic heterocycles. The molecule has 0 bridgehead atoms. The van der Waals surface area contributed by atoms with Gasteiger partial charge in [-0.3, -0.25) is 4.90 Å². The fourth-order valence-corrected chi connectivity index (χ4v) is 5.01. The molecule has 0 spiro atoms. The molecule has 7 heteroatoms. The van der Waals surface area contributed by atoms with Crippen molar-refractivity contribution in [3.63, 3.8) is 0 Å². The first-order valence-corrected chi connectivity index (χ1v) is 13.3. The van der Waals surface area contributed by atoms with Crippen LogP contribution in [0.1, 0.15) is 48.7 Å². The van der Waals surface area contributed by atoms with Crippen LogP contribution in [0.2, 0.25) is 0 Å². The summed E-state index contributed by atoms with van der Waals surface area (Å²) < 4.78 is 19.9. The van der Waals surface area contributed by atoms with Crippen LogP contribution in [0.25, 0.3) is 0 Å². The van der Waals surface area contributed by atoms with Gasteiger partial charge in [-0.2, -0.15) is 0 Å². The summed E-state index contributed by atoms with van der Waals surface area (Å²) in [5.41, 5.74) is 2.67. The summed E-state index contributed by atoms with van der Waals surface area (Å²) >= 11 is 0. The van der Waals surface area contributed by atoms with Crippen LogP contribution in [0.5, 0.6) is 17.2 Å². The van der Waals surface area contributed by atoms with Gasteiger partial charge in [0.1, 0.15) is 24.8 Å². The second-order valence-electron chi connectivity index (χ2n) is 10.1. The third-order valence-electron chi connectivity index (χ3n) is 7.18. The molecule has 0 unspecified atom stereocenters. The van der Waals surface area contributed by atoms with Gasteiger partial charge >= 0.3 is 0 Å². The van der Waals surface area contributed by atoms with Gasteiger partial charge in [-0.25, -0.2) is 4.98 Å². The van der Waals surface area contributed by atoms with Crippen LogP contribution in [-0.2, 0) is 19.5 Å². The molecule has 0 saturated carbocycles. The number of likely N-dealkylation sites (tertiary alicyclic amines) is 1. The normalized spacial score (nSPS) is 18.4. The average molecular weight is 508 g/mol. The average Bonchev–Trinajstić information content (AvgIpc) is 3.26. The molecule has 200 valence electrons. The van der Waals surface area contributed by atoms with Crippen LogP contribution in [0, 0.1) is 13.8 Å². The highest BCUT2D eigenvalue weighted by molar-refractivity contribution is 5.43. The van der Waals surface area contributed by atoms with Crippen LogP contribution in [0.4, 0.5) is 0 Å². The van der Waals surface area contributed by atoms with Gasteiger partial charge in [0, 0.05) is 31.9 Å². The minimum Gasteiger partial charge on any atom is -0.493 e. The first kappa shape index (κ1) is 27.0. The van der Waals surface area contributed by atoms with E-state index < -0.39 is 5.60 Å². The van der Waals surface area contributed by atoms with Crippen LogP contribution in [0.3, 0.4) is 0 Å². The zero-order valence-electron chi connectivity index (χ0n) is 22.7. The van der Waals surface area contributed by atoms with E-state index in [1.807, 2.05) is 37.5 Å². The van der Waals surface area contributed by atoms with Crippen molar-refractivity contribution >= 4 is 0 Å². The highest BCUT2D eigenvalue weighted by Crippen LogP contribution is 2.30. The molecule has 1 aliphatic rings. The van der Waals surface area contributed by atoms with Gasteiger partial charge in [-0.1, -0.05) is 30.7 Å². The standard InChI is InChI=1S/C30H41N3O4/c1-5-29-31-13-16-33(29)17-18-36-28-20-25(8-10-27(28)35-4)21-32-14-6-11-30(34,12-15-32)22-37-26-9-7-23(2)19-24(26)3/h7-10,13,16,19-20,34H,5-6,11-12,14-15,17-18,21-22H2,1-4H3/t30-/m0/s1. The zero-order valence-corrected chi connectivity index (χ0v) is 22.7. The van der Waals surface area contributed by atoms with Crippen LogP contribution < -0.4 is 14.2 Å². The number of benzene rings is 2. The van der Waals surface area contributed by atoms with Gasteiger partial charge in [0.05, 0.1) is 19.3 Å². The number of imidazole rings is 1. The summed E-state index contributed by atoms with van der Waals surface area (Å²) in [6.07, 6.45) is 7.06. The summed E-state index contributed by atoms with van der Waals surface area (Å²) in [4.78, 5) is 6.78. The Balaban J connectivity index is 1.32. The first-order chi connectivity index (χ1) is 17.9. The van der Waals surface area contributed by atoms with Crippen molar-refractivity contribution in [2.24, 2.45) is 0 Å². The Morgan fingerprint density at radius 1 is 1.00 bits per heavy atom. The van der Waals surface area contributed by atoms with E-state index >= 15 is 0 Å². The van der Waals surface area contributed by atoms with Gasteiger partial charge < -0.3 is 23.9 Å².